The Kier molecular flexibility index (Phi) is 3.76. The van der Waals surface area contributed by atoms with Crippen LogP contribution in [0.25, 0.3) is 0 Å². The van der Waals surface area contributed by atoms with Gasteiger partial charge in [0.05, 0.1) is 12.1 Å². The highest BCUT2D eigenvalue weighted by Crippen LogP contribution is 2.17. The van der Waals surface area contributed by atoms with E-state index in [-0.39, 0.29) is 12.1 Å². The summed E-state index contributed by atoms with van der Waals surface area (Å²) < 4.78 is 5.51. The second-order valence-electron chi connectivity index (χ2n) is 4.25. The number of ether oxygens (including phenoxy) is 1. The zero-order chi connectivity index (χ0) is 13.0. The van der Waals surface area contributed by atoms with Crippen molar-refractivity contribution in [3.05, 3.63) is 30.6 Å². The van der Waals surface area contributed by atoms with Crippen LogP contribution in [-0.2, 0) is 0 Å². The highest BCUT2D eigenvalue weighted by molar-refractivity contribution is 5.38. The molecule has 2 N–H and O–H groups in total. The van der Waals surface area contributed by atoms with E-state index < -0.39 is 0 Å². The van der Waals surface area contributed by atoms with Crippen LogP contribution in [0.3, 0.4) is 0 Å². The molecular formula is C12H17N5O. The molecule has 1 atom stereocenters. The second kappa shape index (κ2) is 5.48. The van der Waals surface area contributed by atoms with E-state index in [0.29, 0.717) is 11.7 Å². The quantitative estimate of drug-likeness (QED) is 0.846. The largest absolute Gasteiger partial charge is 0.475 e. The summed E-state index contributed by atoms with van der Waals surface area (Å²) in [5, 5.41) is 3.23. The first-order chi connectivity index (χ1) is 8.65. The van der Waals surface area contributed by atoms with Gasteiger partial charge in [0.15, 0.2) is 0 Å². The van der Waals surface area contributed by atoms with Gasteiger partial charge < -0.3 is 15.0 Å². The molecule has 0 saturated heterocycles. The topological polar surface area (TPSA) is 75.7 Å². The first kappa shape index (κ1) is 12.3. The molecule has 6 heteroatoms. The van der Waals surface area contributed by atoms with Crippen molar-refractivity contribution < 1.29 is 4.74 Å². The van der Waals surface area contributed by atoms with Crippen LogP contribution in [-0.4, -0.2) is 26.0 Å². The van der Waals surface area contributed by atoms with Crippen LogP contribution in [0.5, 0.6) is 5.88 Å². The van der Waals surface area contributed by atoms with Crippen LogP contribution in [0, 0.1) is 0 Å². The van der Waals surface area contributed by atoms with Crippen LogP contribution in [0.4, 0.5) is 5.82 Å². The maximum absolute atomic E-state index is 5.51. The van der Waals surface area contributed by atoms with Gasteiger partial charge >= 0.3 is 0 Å². The molecule has 2 aromatic rings. The summed E-state index contributed by atoms with van der Waals surface area (Å²) in [6.07, 6.45) is 5.09. The molecule has 2 rings (SSSR count). The minimum Gasteiger partial charge on any atom is -0.475 e. The number of anilines is 1. The third-order valence-electron chi connectivity index (χ3n) is 2.29. The molecule has 18 heavy (non-hydrogen) atoms. The Morgan fingerprint density at radius 3 is 2.72 bits per heavy atom. The van der Waals surface area contributed by atoms with E-state index >= 15 is 0 Å². The van der Waals surface area contributed by atoms with Crippen LogP contribution >= 0.6 is 0 Å². The molecule has 0 aliphatic heterocycles. The monoisotopic (exact) mass is 247 g/mol. The van der Waals surface area contributed by atoms with Gasteiger partial charge in [-0.2, -0.15) is 0 Å². The lowest BCUT2D eigenvalue weighted by Gasteiger charge is -2.13. The molecule has 2 heterocycles. The number of aromatic amines is 1. The number of hydrogen-bond acceptors (Lipinski definition) is 5. The van der Waals surface area contributed by atoms with Gasteiger partial charge in [-0.1, -0.05) is 0 Å². The van der Waals surface area contributed by atoms with E-state index in [1.54, 1.807) is 18.5 Å². The van der Waals surface area contributed by atoms with Gasteiger partial charge in [0.25, 0.3) is 0 Å². The summed E-state index contributed by atoms with van der Waals surface area (Å²) in [5.41, 5.74) is 0. The van der Waals surface area contributed by atoms with Crippen molar-refractivity contribution in [3.8, 4) is 5.88 Å². The molecule has 0 bridgehead atoms. The minimum atomic E-state index is 0.0433. The fourth-order valence-corrected chi connectivity index (χ4v) is 1.53. The summed E-state index contributed by atoms with van der Waals surface area (Å²) in [5.74, 6) is 2.14. The number of hydrogen-bond donors (Lipinski definition) is 2. The van der Waals surface area contributed by atoms with Crippen LogP contribution in [0.15, 0.2) is 24.8 Å². The molecule has 0 saturated carbocycles. The fraction of sp³-hybridized carbons (Fsp3) is 0.417. The molecule has 0 aliphatic rings. The third-order valence-corrected chi connectivity index (χ3v) is 2.29. The Hall–Kier alpha value is -2.11. The van der Waals surface area contributed by atoms with E-state index in [1.807, 2.05) is 20.8 Å². The number of H-pyrrole nitrogens is 1. The molecule has 1 unspecified atom stereocenters. The molecule has 0 fully saturated rings. The lowest BCUT2D eigenvalue weighted by molar-refractivity contribution is 0.232. The molecule has 96 valence electrons. The van der Waals surface area contributed by atoms with E-state index in [2.05, 4.69) is 25.3 Å². The van der Waals surface area contributed by atoms with Gasteiger partial charge in [0.1, 0.15) is 18.0 Å². The predicted molar refractivity (Wildman–Crippen MR) is 68.4 cm³/mol. The molecule has 0 aliphatic carbocycles. The van der Waals surface area contributed by atoms with Gasteiger partial charge in [-0.25, -0.2) is 15.0 Å². The lowest BCUT2D eigenvalue weighted by Crippen LogP contribution is -2.11. The predicted octanol–water partition coefficient (Wildman–Crippen LogP) is 2.16. The third kappa shape index (κ3) is 3.19. The Morgan fingerprint density at radius 2 is 2.06 bits per heavy atom. The van der Waals surface area contributed by atoms with Gasteiger partial charge in [0.2, 0.25) is 5.88 Å². The van der Waals surface area contributed by atoms with Crippen molar-refractivity contribution >= 4 is 5.82 Å². The average Bonchev–Trinajstić information content (AvgIpc) is 2.81. The van der Waals surface area contributed by atoms with Gasteiger partial charge in [-0.3, -0.25) is 0 Å². The van der Waals surface area contributed by atoms with Crippen molar-refractivity contribution in [1.82, 2.24) is 19.9 Å². The summed E-state index contributed by atoms with van der Waals surface area (Å²) in [4.78, 5) is 15.5. The first-order valence-electron chi connectivity index (χ1n) is 5.89. The Balaban J connectivity index is 2.05. The Morgan fingerprint density at radius 1 is 1.22 bits per heavy atom. The average molecular weight is 247 g/mol. The van der Waals surface area contributed by atoms with Crippen molar-refractivity contribution in [3.63, 3.8) is 0 Å². The summed E-state index contributed by atoms with van der Waals surface area (Å²) in [7, 11) is 0. The van der Waals surface area contributed by atoms with Gasteiger partial charge in [-0.15, -0.1) is 0 Å². The maximum Gasteiger partial charge on any atom is 0.218 e. The maximum atomic E-state index is 5.51. The standard InChI is InChI=1S/C12H17N5O/c1-8(2)18-11-6-10(15-7-16-11)17-9(3)12-13-4-5-14-12/h4-9H,1-3H3,(H,13,14)(H,15,16,17). The summed E-state index contributed by atoms with van der Waals surface area (Å²) >= 11 is 0. The van der Waals surface area contributed by atoms with E-state index in [1.165, 1.54) is 6.33 Å². The SMILES string of the molecule is CC(C)Oc1cc(NC(C)c2ncc[nH]2)ncn1. The van der Waals surface area contributed by atoms with Gasteiger partial charge in [0, 0.05) is 18.5 Å². The zero-order valence-corrected chi connectivity index (χ0v) is 10.7. The van der Waals surface area contributed by atoms with E-state index in [4.69, 9.17) is 4.74 Å². The smallest absolute Gasteiger partial charge is 0.218 e. The molecule has 0 radical (unpaired) electrons. The number of nitrogens with one attached hydrogen (secondary N) is 2. The van der Waals surface area contributed by atoms with Crippen LogP contribution < -0.4 is 10.1 Å². The Labute approximate surface area is 106 Å². The van der Waals surface area contributed by atoms with E-state index in [9.17, 15) is 0 Å². The van der Waals surface area contributed by atoms with Crippen molar-refractivity contribution in [2.75, 3.05) is 5.32 Å². The molecule has 0 amide bonds. The van der Waals surface area contributed by atoms with Crippen molar-refractivity contribution in [1.29, 1.82) is 0 Å². The molecule has 6 nitrogen and oxygen atoms in total. The van der Waals surface area contributed by atoms with Crippen LogP contribution in [0.2, 0.25) is 0 Å². The first-order valence-corrected chi connectivity index (χ1v) is 5.89. The second-order valence-corrected chi connectivity index (χ2v) is 4.25. The van der Waals surface area contributed by atoms with Crippen LogP contribution in [0.1, 0.15) is 32.6 Å². The van der Waals surface area contributed by atoms with Gasteiger partial charge in [-0.05, 0) is 20.8 Å². The fourth-order valence-electron chi connectivity index (χ4n) is 1.53. The number of nitrogens with zero attached hydrogens (tertiary/aromatic N) is 3. The highest BCUT2D eigenvalue weighted by Gasteiger charge is 2.09. The highest BCUT2D eigenvalue weighted by atomic mass is 16.5. The zero-order valence-electron chi connectivity index (χ0n) is 10.7. The molecule has 2 aromatic heterocycles. The van der Waals surface area contributed by atoms with E-state index in [0.717, 1.165) is 5.82 Å². The summed E-state index contributed by atoms with van der Waals surface area (Å²) in [6.45, 7) is 5.92. The number of imidazole rings is 1. The molecular weight excluding hydrogens is 230 g/mol. The Bertz CT molecular complexity index is 483. The molecule has 0 aromatic carbocycles. The minimum absolute atomic E-state index is 0.0433. The number of rotatable bonds is 5. The number of aromatic nitrogens is 4. The van der Waals surface area contributed by atoms with Crippen molar-refractivity contribution in [2.24, 2.45) is 0 Å². The summed E-state index contributed by atoms with van der Waals surface area (Å²) in [6, 6.07) is 1.82. The lowest BCUT2D eigenvalue weighted by atomic mass is 10.3. The normalized spacial score (nSPS) is 12.4. The molecule has 0 spiro atoms. The van der Waals surface area contributed by atoms with Crippen molar-refractivity contribution in [2.45, 2.75) is 32.9 Å².